The standard InChI is InChI=1S/C22H24N6O3/c1-5-31-17-10-9-15(12-18(17)30-4)20-19(14(3)23-22-25-26-27-28(20)22)21(29)24-16-8-6-7-13(2)11-16/h6-12,20H,5H2,1-4H3,(H,24,29)(H,23,25,27). The predicted octanol–water partition coefficient (Wildman–Crippen LogP) is 3.32. The van der Waals surface area contributed by atoms with E-state index in [4.69, 9.17) is 9.47 Å². The number of rotatable bonds is 6. The van der Waals surface area contributed by atoms with Crippen molar-refractivity contribution in [3.63, 3.8) is 0 Å². The van der Waals surface area contributed by atoms with Crippen molar-refractivity contribution >= 4 is 17.5 Å². The van der Waals surface area contributed by atoms with Crippen molar-refractivity contribution in [2.24, 2.45) is 0 Å². The van der Waals surface area contributed by atoms with E-state index in [0.717, 1.165) is 16.8 Å². The Morgan fingerprint density at radius 1 is 1.19 bits per heavy atom. The molecule has 2 heterocycles. The Morgan fingerprint density at radius 2 is 2.03 bits per heavy atom. The van der Waals surface area contributed by atoms with Gasteiger partial charge in [-0.2, -0.15) is 4.68 Å². The molecule has 31 heavy (non-hydrogen) atoms. The molecule has 0 aliphatic carbocycles. The lowest BCUT2D eigenvalue weighted by molar-refractivity contribution is -0.113. The minimum absolute atomic E-state index is 0.241. The van der Waals surface area contributed by atoms with Gasteiger partial charge in [0, 0.05) is 11.4 Å². The Kier molecular flexibility index (Phi) is 5.57. The van der Waals surface area contributed by atoms with E-state index in [-0.39, 0.29) is 5.91 Å². The van der Waals surface area contributed by atoms with Crippen LogP contribution < -0.4 is 20.1 Å². The Hall–Kier alpha value is -3.88. The Labute approximate surface area is 180 Å². The monoisotopic (exact) mass is 420 g/mol. The maximum absolute atomic E-state index is 13.4. The molecule has 0 saturated heterocycles. The van der Waals surface area contributed by atoms with Gasteiger partial charge in [-0.1, -0.05) is 23.3 Å². The fourth-order valence-electron chi connectivity index (χ4n) is 3.66. The zero-order valence-electron chi connectivity index (χ0n) is 17.8. The number of hydrogen-bond donors (Lipinski definition) is 2. The molecule has 0 radical (unpaired) electrons. The molecule has 9 nitrogen and oxygen atoms in total. The van der Waals surface area contributed by atoms with Gasteiger partial charge in [0.25, 0.3) is 5.91 Å². The first-order valence-corrected chi connectivity index (χ1v) is 9.96. The summed E-state index contributed by atoms with van der Waals surface area (Å²) in [6, 6.07) is 12.7. The number of nitrogens with one attached hydrogen (secondary N) is 2. The molecule has 1 unspecified atom stereocenters. The molecule has 3 aromatic rings. The van der Waals surface area contributed by atoms with Crippen molar-refractivity contribution in [3.8, 4) is 11.5 Å². The van der Waals surface area contributed by atoms with Gasteiger partial charge in [-0.15, -0.1) is 0 Å². The Bertz CT molecular complexity index is 1150. The molecule has 0 saturated carbocycles. The van der Waals surface area contributed by atoms with Gasteiger partial charge < -0.3 is 20.1 Å². The fraction of sp³-hybridized carbons (Fsp3) is 0.273. The summed E-state index contributed by atoms with van der Waals surface area (Å²) in [6.45, 7) is 6.24. The summed E-state index contributed by atoms with van der Waals surface area (Å²) in [5.41, 5.74) is 3.75. The molecule has 1 atom stereocenters. The smallest absolute Gasteiger partial charge is 0.255 e. The lowest BCUT2D eigenvalue weighted by atomic mass is 9.94. The van der Waals surface area contributed by atoms with Crippen LogP contribution in [0.2, 0.25) is 0 Å². The number of ether oxygens (including phenoxy) is 2. The largest absolute Gasteiger partial charge is 0.493 e. The number of hydrogen-bond acceptors (Lipinski definition) is 7. The van der Waals surface area contributed by atoms with Crippen LogP contribution in [-0.4, -0.2) is 39.8 Å². The maximum Gasteiger partial charge on any atom is 0.255 e. The molecular formula is C22H24N6O3. The minimum atomic E-state index is -0.541. The summed E-state index contributed by atoms with van der Waals surface area (Å²) in [4.78, 5) is 13.4. The third kappa shape index (κ3) is 3.94. The summed E-state index contributed by atoms with van der Waals surface area (Å²) in [6.07, 6.45) is 0. The number of fused-ring (bicyclic) bond motifs is 1. The molecule has 2 aromatic carbocycles. The van der Waals surface area contributed by atoms with Crippen molar-refractivity contribution < 1.29 is 14.3 Å². The first kappa shape index (κ1) is 20.4. The molecule has 9 heteroatoms. The van der Waals surface area contributed by atoms with Gasteiger partial charge in [0.2, 0.25) is 5.95 Å². The van der Waals surface area contributed by atoms with E-state index in [9.17, 15) is 4.79 Å². The van der Waals surface area contributed by atoms with E-state index in [1.54, 1.807) is 11.8 Å². The second-order valence-corrected chi connectivity index (χ2v) is 7.18. The number of methoxy groups -OCH3 is 1. The summed E-state index contributed by atoms with van der Waals surface area (Å²) in [5, 5.41) is 18.0. The highest BCUT2D eigenvalue weighted by Crippen LogP contribution is 2.38. The number of carbonyl (C=O) groups is 1. The predicted molar refractivity (Wildman–Crippen MR) is 116 cm³/mol. The van der Waals surface area contributed by atoms with E-state index in [0.29, 0.717) is 35.3 Å². The molecule has 1 aliphatic heterocycles. The highest BCUT2D eigenvalue weighted by atomic mass is 16.5. The SMILES string of the molecule is CCOc1ccc(C2C(C(=O)Nc3cccc(C)c3)=C(C)Nc3nnnn32)cc1OC. The van der Waals surface area contributed by atoms with Crippen LogP contribution in [0, 0.1) is 6.92 Å². The van der Waals surface area contributed by atoms with Crippen LogP contribution in [0.3, 0.4) is 0 Å². The van der Waals surface area contributed by atoms with Crippen molar-refractivity contribution in [2.45, 2.75) is 26.8 Å². The van der Waals surface area contributed by atoms with Gasteiger partial charge in [-0.05, 0) is 66.6 Å². The zero-order chi connectivity index (χ0) is 22.0. The van der Waals surface area contributed by atoms with Crippen LogP contribution in [0.15, 0.2) is 53.7 Å². The first-order valence-electron chi connectivity index (χ1n) is 9.96. The fourth-order valence-corrected chi connectivity index (χ4v) is 3.66. The lowest BCUT2D eigenvalue weighted by Crippen LogP contribution is -2.31. The Balaban J connectivity index is 1.77. The average Bonchev–Trinajstić information content (AvgIpc) is 3.21. The number of amides is 1. The highest BCUT2D eigenvalue weighted by Gasteiger charge is 2.34. The zero-order valence-corrected chi connectivity index (χ0v) is 17.8. The van der Waals surface area contributed by atoms with Crippen LogP contribution in [0.1, 0.15) is 31.0 Å². The van der Waals surface area contributed by atoms with Gasteiger partial charge in [-0.3, -0.25) is 4.79 Å². The molecule has 4 rings (SSSR count). The van der Waals surface area contributed by atoms with E-state index in [1.165, 1.54) is 0 Å². The third-order valence-corrected chi connectivity index (χ3v) is 5.04. The molecule has 1 aromatic heterocycles. The lowest BCUT2D eigenvalue weighted by Gasteiger charge is -2.28. The first-order chi connectivity index (χ1) is 15.0. The molecule has 0 spiro atoms. The normalized spacial score (nSPS) is 15.2. The Morgan fingerprint density at radius 3 is 2.77 bits per heavy atom. The second kappa shape index (κ2) is 8.47. The summed E-state index contributed by atoms with van der Waals surface area (Å²) in [7, 11) is 1.58. The number of carbonyl (C=O) groups excluding carboxylic acids is 1. The van der Waals surface area contributed by atoms with E-state index < -0.39 is 6.04 Å². The minimum Gasteiger partial charge on any atom is -0.493 e. The molecular weight excluding hydrogens is 396 g/mol. The quantitative estimate of drug-likeness (QED) is 0.630. The van der Waals surface area contributed by atoms with Gasteiger partial charge in [0.05, 0.1) is 19.3 Å². The maximum atomic E-state index is 13.4. The highest BCUT2D eigenvalue weighted by molar-refractivity contribution is 6.06. The molecule has 1 aliphatic rings. The van der Waals surface area contributed by atoms with Crippen LogP contribution >= 0.6 is 0 Å². The van der Waals surface area contributed by atoms with E-state index in [1.807, 2.05) is 63.2 Å². The van der Waals surface area contributed by atoms with Crippen LogP contribution in [0.25, 0.3) is 0 Å². The van der Waals surface area contributed by atoms with Crippen molar-refractivity contribution in [2.75, 3.05) is 24.4 Å². The van der Waals surface area contributed by atoms with Crippen LogP contribution in [0.5, 0.6) is 11.5 Å². The summed E-state index contributed by atoms with van der Waals surface area (Å²) >= 11 is 0. The van der Waals surface area contributed by atoms with Gasteiger partial charge in [0.15, 0.2) is 11.5 Å². The van der Waals surface area contributed by atoms with Crippen molar-refractivity contribution in [3.05, 3.63) is 64.9 Å². The van der Waals surface area contributed by atoms with E-state index >= 15 is 0 Å². The van der Waals surface area contributed by atoms with Gasteiger partial charge >= 0.3 is 0 Å². The average molecular weight is 420 g/mol. The number of nitrogens with zero attached hydrogens (tertiary/aromatic N) is 4. The van der Waals surface area contributed by atoms with Crippen LogP contribution in [-0.2, 0) is 4.79 Å². The number of aryl methyl sites for hydroxylation is 1. The number of tetrazole rings is 1. The third-order valence-electron chi connectivity index (χ3n) is 5.04. The van der Waals surface area contributed by atoms with E-state index in [2.05, 4.69) is 26.2 Å². The molecule has 0 fully saturated rings. The van der Waals surface area contributed by atoms with Crippen LogP contribution in [0.4, 0.5) is 11.6 Å². The number of aromatic nitrogens is 4. The molecule has 2 N–H and O–H groups in total. The molecule has 160 valence electrons. The number of allylic oxidation sites excluding steroid dienone is 1. The summed E-state index contributed by atoms with van der Waals surface area (Å²) < 4.78 is 12.7. The van der Waals surface area contributed by atoms with Crippen molar-refractivity contribution in [1.29, 1.82) is 0 Å². The summed E-state index contributed by atoms with van der Waals surface area (Å²) in [5.74, 6) is 1.42. The molecule has 0 bridgehead atoms. The number of benzene rings is 2. The van der Waals surface area contributed by atoms with Crippen molar-refractivity contribution in [1.82, 2.24) is 20.2 Å². The van der Waals surface area contributed by atoms with Gasteiger partial charge in [0.1, 0.15) is 6.04 Å². The topological polar surface area (TPSA) is 103 Å². The second-order valence-electron chi connectivity index (χ2n) is 7.18. The van der Waals surface area contributed by atoms with Gasteiger partial charge in [-0.25, -0.2) is 0 Å². The number of anilines is 2. The molecule has 1 amide bonds.